The molecule has 1 aromatic heterocycles. The van der Waals surface area contributed by atoms with Crippen LogP contribution in [-0.4, -0.2) is 62.6 Å². The minimum Gasteiger partial charge on any atom is -0.486 e. The van der Waals surface area contributed by atoms with Gasteiger partial charge in [-0.2, -0.15) is 9.30 Å². The Hall–Kier alpha value is -3.22. The highest BCUT2D eigenvalue weighted by Gasteiger charge is 2.25. The summed E-state index contributed by atoms with van der Waals surface area (Å²) in [7, 11) is -2.29. The van der Waals surface area contributed by atoms with Crippen LogP contribution in [0, 0.1) is 0 Å². The molecule has 0 atom stereocenters. The van der Waals surface area contributed by atoms with Crippen molar-refractivity contribution in [2.45, 2.75) is 43.5 Å². The third kappa shape index (κ3) is 5.47. The number of hydrogen-bond donors (Lipinski definition) is 0. The fourth-order valence-corrected chi connectivity index (χ4v) is 7.15. The molecule has 3 heterocycles. The lowest BCUT2D eigenvalue weighted by molar-refractivity contribution is -0.140. The van der Waals surface area contributed by atoms with Crippen molar-refractivity contribution in [3.63, 3.8) is 0 Å². The topological polar surface area (TPSA) is 117 Å². The van der Waals surface area contributed by atoms with E-state index in [2.05, 4.69) is 4.99 Å². The van der Waals surface area contributed by atoms with Gasteiger partial charge < -0.3 is 18.8 Å². The standard InChI is InChI=1S/C26H29N3O7S2/c1-34-24(30)10-13-29-20-16-21-22(36-15-14-35-21)17-23(20)37-26(29)27-25(31)18-6-8-19(9-7-18)38(32,33)28-11-4-2-3-5-12-28/h6-9,16-17H,2-5,10-15H2,1H3. The summed E-state index contributed by atoms with van der Waals surface area (Å²) in [4.78, 5) is 29.9. The number of aromatic nitrogens is 1. The molecule has 0 aliphatic carbocycles. The van der Waals surface area contributed by atoms with E-state index in [1.807, 2.05) is 12.1 Å². The molecule has 0 N–H and O–H groups in total. The van der Waals surface area contributed by atoms with Crippen LogP contribution < -0.4 is 14.3 Å². The van der Waals surface area contributed by atoms with Gasteiger partial charge in [-0.3, -0.25) is 9.59 Å². The predicted molar refractivity (Wildman–Crippen MR) is 141 cm³/mol. The first-order valence-electron chi connectivity index (χ1n) is 12.6. The number of methoxy groups -OCH3 is 1. The highest BCUT2D eigenvalue weighted by atomic mass is 32.2. The lowest BCUT2D eigenvalue weighted by Gasteiger charge is -2.19. The fourth-order valence-electron chi connectivity index (χ4n) is 4.57. The second kappa shape index (κ2) is 11.3. The monoisotopic (exact) mass is 559 g/mol. The number of sulfonamides is 1. The van der Waals surface area contributed by atoms with Crippen molar-refractivity contribution in [3.05, 3.63) is 46.8 Å². The summed E-state index contributed by atoms with van der Waals surface area (Å²) in [6.45, 7) is 2.16. The van der Waals surface area contributed by atoms with E-state index in [-0.39, 0.29) is 29.4 Å². The highest BCUT2D eigenvalue weighted by Crippen LogP contribution is 2.35. The molecule has 0 saturated carbocycles. The molecule has 5 rings (SSSR count). The number of aryl methyl sites for hydroxylation is 1. The molecule has 0 bridgehead atoms. The highest BCUT2D eigenvalue weighted by molar-refractivity contribution is 7.89. The number of hydrogen-bond acceptors (Lipinski definition) is 8. The number of thiazole rings is 1. The average molecular weight is 560 g/mol. The molecule has 202 valence electrons. The molecule has 3 aromatic rings. The van der Waals surface area contributed by atoms with Gasteiger partial charge in [0.1, 0.15) is 13.2 Å². The molecule has 1 amide bonds. The summed E-state index contributed by atoms with van der Waals surface area (Å²) in [5.41, 5.74) is 1.02. The smallest absolute Gasteiger partial charge is 0.307 e. The third-order valence-corrected chi connectivity index (χ3v) is 9.57. The van der Waals surface area contributed by atoms with Crippen LogP contribution in [0.3, 0.4) is 0 Å². The molecular formula is C26H29N3O7S2. The molecule has 0 spiro atoms. The van der Waals surface area contributed by atoms with Gasteiger partial charge in [-0.25, -0.2) is 8.42 Å². The zero-order chi connectivity index (χ0) is 26.7. The van der Waals surface area contributed by atoms with Crippen LogP contribution in [0.4, 0.5) is 0 Å². The Morgan fingerprint density at radius 1 is 1.00 bits per heavy atom. The molecule has 2 aromatic carbocycles. The van der Waals surface area contributed by atoms with Crippen molar-refractivity contribution in [3.8, 4) is 11.5 Å². The average Bonchev–Trinajstić information content (AvgIpc) is 3.08. The van der Waals surface area contributed by atoms with Crippen LogP contribution in [0.25, 0.3) is 10.2 Å². The Labute approximate surface area is 224 Å². The number of amides is 1. The van der Waals surface area contributed by atoms with Gasteiger partial charge in [0, 0.05) is 37.3 Å². The Bertz CT molecular complexity index is 1520. The van der Waals surface area contributed by atoms with Crippen LogP contribution in [0.2, 0.25) is 0 Å². The van der Waals surface area contributed by atoms with Crippen molar-refractivity contribution in [1.82, 2.24) is 8.87 Å². The van der Waals surface area contributed by atoms with E-state index in [9.17, 15) is 18.0 Å². The minimum absolute atomic E-state index is 0.0984. The summed E-state index contributed by atoms with van der Waals surface area (Å²) >= 11 is 1.29. The van der Waals surface area contributed by atoms with Crippen LogP contribution in [-0.2, 0) is 26.1 Å². The first-order chi connectivity index (χ1) is 18.4. The molecular weight excluding hydrogens is 530 g/mol. The van der Waals surface area contributed by atoms with E-state index in [4.69, 9.17) is 14.2 Å². The number of esters is 1. The van der Waals surface area contributed by atoms with E-state index in [0.29, 0.717) is 42.6 Å². The second-order valence-corrected chi connectivity index (χ2v) is 12.0. The number of benzene rings is 2. The molecule has 10 nitrogen and oxygen atoms in total. The number of carbonyl (C=O) groups excluding carboxylic acids is 2. The first kappa shape index (κ1) is 26.4. The quantitative estimate of drug-likeness (QED) is 0.425. The molecule has 12 heteroatoms. The lowest BCUT2D eigenvalue weighted by Crippen LogP contribution is -2.31. The zero-order valence-electron chi connectivity index (χ0n) is 21.1. The maximum Gasteiger partial charge on any atom is 0.307 e. The summed E-state index contributed by atoms with van der Waals surface area (Å²) in [5, 5.41) is 0. The maximum absolute atomic E-state index is 13.1. The SMILES string of the molecule is COC(=O)CCn1c(=NC(=O)c2ccc(S(=O)(=O)N3CCCCCC3)cc2)sc2cc3c(cc21)OCCO3. The van der Waals surface area contributed by atoms with Crippen LogP contribution in [0.15, 0.2) is 46.3 Å². The maximum atomic E-state index is 13.1. The Morgan fingerprint density at radius 3 is 2.32 bits per heavy atom. The van der Waals surface area contributed by atoms with Crippen LogP contribution >= 0.6 is 11.3 Å². The minimum atomic E-state index is -3.62. The van der Waals surface area contributed by atoms with Gasteiger partial charge >= 0.3 is 5.97 Å². The summed E-state index contributed by atoms with van der Waals surface area (Å²) in [6.07, 6.45) is 3.85. The first-order valence-corrected chi connectivity index (χ1v) is 14.8. The summed E-state index contributed by atoms with van der Waals surface area (Å²) < 4.78 is 46.5. The number of carbonyl (C=O) groups is 2. The number of fused-ring (bicyclic) bond motifs is 2. The second-order valence-electron chi connectivity index (χ2n) is 9.09. The van der Waals surface area contributed by atoms with E-state index in [0.717, 1.165) is 35.9 Å². The Morgan fingerprint density at radius 2 is 1.66 bits per heavy atom. The molecule has 2 aliphatic heterocycles. The summed E-state index contributed by atoms with van der Waals surface area (Å²) in [6, 6.07) is 9.56. The van der Waals surface area contributed by atoms with Gasteiger partial charge in [-0.1, -0.05) is 24.2 Å². The lowest BCUT2D eigenvalue weighted by atomic mass is 10.2. The molecule has 1 saturated heterocycles. The van der Waals surface area contributed by atoms with Crippen LogP contribution in [0.5, 0.6) is 11.5 Å². The van der Waals surface area contributed by atoms with Crippen molar-refractivity contribution >= 4 is 43.5 Å². The van der Waals surface area contributed by atoms with Crippen molar-refractivity contribution in [2.24, 2.45) is 4.99 Å². The third-order valence-electron chi connectivity index (χ3n) is 6.62. The Kier molecular flexibility index (Phi) is 7.82. The van der Waals surface area contributed by atoms with Gasteiger partial charge in [0.25, 0.3) is 5.91 Å². The molecule has 1 fully saturated rings. The van der Waals surface area contributed by atoms with Gasteiger partial charge in [0.15, 0.2) is 16.3 Å². The number of nitrogens with zero attached hydrogens (tertiary/aromatic N) is 3. The van der Waals surface area contributed by atoms with Gasteiger partial charge in [0.05, 0.1) is 28.6 Å². The van der Waals surface area contributed by atoms with E-state index in [1.54, 1.807) is 4.57 Å². The molecule has 0 unspecified atom stereocenters. The van der Waals surface area contributed by atoms with Gasteiger partial charge in [-0.15, -0.1) is 0 Å². The zero-order valence-corrected chi connectivity index (χ0v) is 22.7. The Balaban J connectivity index is 1.46. The summed E-state index contributed by atoms with van der Waals surface area (Å²) in [5.74, 6) is 0.309. The van der Waals surface area contributed by atoms with Crippen molar-refractivity contribution < 1.29 is 32.2 Å². The predicted octanol–water partition coefficient (Wildman–Crippen LogP) is 3.34. The van der Waals surface area contributed by atoms with E-state index >= 15 is 0 Å². The van der Waals surface area contributed by atoms with E-state index < -0.39 is 15.9 Å². The van der Waals surface area contributed by atoms with Crippen molar-refractivity contribution in [1.29, 1.82) is 0 Å². The van der Waals surface area contributed by atoms with E-state index in [1.165, 1.54) is 47.0 Å². The van der Waals surface area contributed by atoms with Crippen LogP contribution in [0.1, 0.15) is 42.5 Å². The molecule has 38 heavy (non-hydrogen) atoms. The number of ether oxygens (including phenoxy) is 3. The molecule has 2 aliphatic rings. The largest absolute Gasteiger partial charge is 0.486 e. The van der Waals surface area contributed by atoms with Crippen molar-refractivity contribution in [2.75, 3.05) is 33.4 Å². The van der Waals surface area contributed by atoms with Gasteiger partial charge in [0.2, 0.25) is 10.0 Å². The number of rotatable bonds is 6. The normalized spacial score (nSPS) is 16.8. The molecule has 0 radical (unpaired) electrons. The van der Waals surface area contributed by atoms with Gasteiger partial charge in [-0.05, 0) is 37.1 Å². The fraction of sp³-hybridized carbons (Fsp3) is 0.423.